The van der Waals surface area contributed by atoms with Crippen LogP contribution in [-0.2, 0) is 22.7 Å². The number of hydrogen-bond donors (Lipinski definition) is 5. The molecule has 4 atom stereocenters. The number of nitrogens with one attached hydrogen (secondary N) is 1. The van der Waals surface area contributed by atoms with Gasteiger partial charge in [-0.15, -0.1) is 0 Å². The minimum absolute atomic E-state index is 0.0304. The molecule has 1 aromatic heterocycles. The van der Waals surface area contributed by atoms with Gasteiger partial charge < -0.3 is 24.5 Å². The van der Waals surface area contributed by atoms with E-state index >= 15 is 4.39 Å². The van der Waals surface area contributed by atoms with Crippen LogP contribution in [0.25, 0.3) is 0 Å². The summed E-state index contributed by atoms with van der Waals surface area (Å²) < 4.78 is 64.3. The Morgan fingerprint density at radius 3 is 2.67 bits per heavy atom. The zero-order valence-corrected chi connectivity index (χ0v) is 14.6. The van der Waals surface area contributed by atoms with Gasteiger partial charge in [-0.05, 0) is 0 Å². The molecule has 1 aliphatic rings. The van der Waals surface area contributed by atoms with Crippen molar-refractivity contribution in [3.05, 3.63) is 32.6 Å². The highest BCUT2D eigenvalue weighted by molar-refractivity contribution is 7.60. The van der Waals surface area contributed by atoms with Crippen molar-refractivity contribution < 1.29 is 54.4 Å². The first kappa shape index (κ1) is 18.8. The molecule has 152 valence electrons. The summed E-state index contributed by atoms with van der Waals surface area (Å²) in [6, 6.07) is 0. The number of aliphatic hydroxyl groups is 1. The van der Waals surface area contributed by atoms with Crippen LogP contribution in [0.2, 0.25) is 0 Å². The van der Waals surface area contributed by atoms with E-state index in [2.05, 4.69) is 13.6 Å². The molecule has 1 aliphatic heterocycles. The van der Waals surface area contributed by atoms with Crippen LogP contribution in [0.1, 0.15) is 25.7 Å². The van der Waals surface area contributed by atoms with E-state index in [0.717, 1.165) is 0 Å². The highest BCUT2D eigenvalue weighted by Gasteiger charge is 2.50. The van der Waals surface area contributed by atoms with Gasteiger partial charge in [0.05, 0.1) is 8.30 Å². The van der Waals surface area contributed by atoms with Crippen LogP contribution in [0.3, 0.4) is 0 Å². The van der Waals surface area contributed by atoms with Gasteiger partial charge in [0.15, 0.2) is 12.5 Å². The molecule has 0 bridgehead atoms. The Balaban J connectivity index is 2.36. The number of halogens is 1. The van der Waals surface area contributed by atoms with Gasteiger partial charge >= 0.3 is 21.3 Å². The molecule has 5 N–H and O–H groups in total. The number of H-pyrrole nitrogens is 1. The molecule has 17 heteroatoms. The molecule has 0 radical (unpaired) electrons. The number of hydrogen-bond acceptors (Lipinski definition) is 9. The van der Waals surface area contributed by atoms with Crippen molar-refractivity contribution in [1.82, 2.24) is 9.55 Å². The van der Waals surface area contributed by atoms with Crippen LogP contribution < -0.4 is 11.2 Å². The van der Waals surface area contributed by atoms with Crippen LogP contribution in [0, 0.1) is 0 Å². The van der Waals surface area contributed by atoms with Crippen molar-refractivity contribution in [2.45, 2.75) is 24.6 Å². The molecule has 0 aromatic carbocycles. The fourth-order valence-electron chi connectivity index (χ4n) is 2.05. The second kappa shape index (κ2) is 7.47. The van der Waals surface area contributed by atoms with E-state index in [4.69, 9.17) is 12.5 Å². The fourth-order valence-corrected chi connectivity index (χ4v) is 3.51. The van der Waals surface area contributed by atoms with E-state index in [1.807, 2.05) is 0 Å². The first-order chi connectivity index (χ1) is 13.0. The summed E-state index contributed by atoms with van der Waals surface area (Å²) in [5.74, 6) is -3.75. The topological polar surface area (TPSA) is 215 Å². The maximum Gasteiger partial charge on any atom is 0.481 e. The third kappa shape index (κ3) is 5.48. The van der Waals surface area contributed by atoms with Crippen molar-refractivity contribution in [3.8, 4) is 0 Å². The number of carbonyl (C=O) groups excluding carboxylic acids is 1. The quantitative estimate of drug-likeness (QED) is 0.244. The Morgan fingerprint density at radius 2 is 2.11 bits per heavy atom. The van der Waals surface area contributed by atoms with Crippen LogP contribution in [0.5, 0.6) is 0 Å². The number of aromatic nitrogens is 2. The SMILES string of the molecule is [2H]C([2H])(OP(=O)(O)OP(=O)(O)O)[C@]1(F)C[C@@H](O)[C@H](n2cc(C=O)c(=O)[nH]c2=O)O1. The zero-order valence-electron chi connectivity index (χ0n) is 14.8. The summed E-state index contributed by atoms with van der Waals surface area (Å²) in [5, 5.41) is 9.97. The van der Waals surface area contributed by atoms with Gasteiger partial charge in [0.25, 0.3) is 5.56 Å². The monoisotopic (exact) mass is 436 g/mol. The average Bonchev–Trinajstić information content (AvgIpc) is 2.80. The smallest absolute Gasteiger partial charge is 0.388 e. The molecular formula is C10H13FN2O12P2. The van der Waals surface area contributed by atoms with Gasteiger partial charge in [-0.3, -0.25) is 23.7 Å². The molecule has 0 saturated carbocycles. The molecule has 27 heavy (non-hydrogen) atoms. The van der Waals surface area contributed by atoms with E-state index in [1.165, 1.54) is 0 Å². The molecule has 1 unspecified atom stereocenters. The van der Waals surface area contributed by atoms with E-state index in [1.54, 1.807) is 4.98 Å². The van der Waals surface area contributed by atoms with E-state index in [0.29, 0.717) is 10.8 Å². The van der Waals surface area contributed by atoms with Crippen LogP contribution in [-0.4, -0.2) is 54.1 Å². The lowest BCUT2D eigenvalue weighted by molar-refractivity contribution is -0.178. The lowest BCUT2D eigenvalue weighted by atomic mass is 10.2. The number of aldehydes is 1. The number of phosphoric acid groups is 2. The number of ether oxygens (including phenoxy) is 1. The van der Waals surface area contributed by atoms with E-state index in [-0.39, 0.29) is 6.29 Å². The minimum Gasteiger partial charge on any atom is -0.388 e. The van der Waals surface area contributed by atoms with Gasteiger partial charge in [0.2, 0.25) is 5.85 Å². The lowest BCUT2D eigenvalue weighted by Gasteiger charge is -2.22. The molecular weight excluding hydrogens is 421 g/mol. The Bertz CT molecular complexity index is 1020. The molecule has 1 aromatic rings. The Labute approximate surface area is 150 Å². The van der Waals surface area contributed by atoms with Crippen molar-refractivity contribution in [2.75, 3.05) is 6.56 Å². The molecule has 0 spiro atoms. The third-order valence-electron chi connectivity index (χ3n) is 3.03. The minimum atomic E-state index is -5.87. The van der Waals surface area contributed by atoms with Crippen molar-refractivity contribution in [2.24, 2.45) is 0 Å². The summed E-state index contributed by atoms with van der Waals surface area (Å²) in [6.07, 6.45) is -4.70. The van der Waals surface area contributed by atoms with Crippen LogP contribution >= 0.6 is 15.6 Å². The maximum absolute atomic E-state index is 15.0. The summed E-state index contributed by atoms with van der Waals surface area (Å²) in [4.78, 5) is 62.0. The first-order valence-corrected chi connectivity index (χ1v) is 9.69. The largest absolute Gasteiger partial charge is 0.481 e. The molecule has 0 aliphatic carbocycles. The third-order valence-corrected chi connectivity index (χ3v) is 5.03. The fraction of sp³-hybridized carbons (Fsp3) is 0.500. The molecule has 2 rings (SSSR count). The Morgan fingerprint density at radius 1 is 1.48 bits per heavy atom. The number of aliphatic hydroxyl groups excluding tert-OH is 1. The number of nitrogens with zero attached hydrogens (tertiary/aromatic N) is 1. The van der Waals surface area contributed by atoms with Crippen LogP contribution in [0.4, 0.5) is 4.39 Å². The Kier molecular flexibility index (Phi) is 5.20. The van der Waals surface area contributed by atoms with E-state index < -0.39 is 63.6 Å². The van der Waals surface area contributed by atoms with Gasteiger partial charge in [0.1, 0.15) is 12.7 Å². The highest BCUT2D eigenvalue weighted by Crippen LogP contribution is 2.58. The average molecular weight is 436 g/mol. The number of rotatable bonds is 7. The molecule has 1 saturated heterocycles. The van der Waals surface area contributed by atoms with Crippen LogP contribution in [0.15, 0.2) is 15.8 Å². The van der Waals surface area contributed by atoms with Crippen molar-refractivity contribution in [3.63, 3.8) is 0 Å². The normalized spacial score (nSPS) is 29.7. The molecule has 14 nitrogen and oxygen atoms in total. The van der Waals surface area contributed by atoms with Crippen molar-refractivity contribution in [1.29, 1.82) is 0 Å². The van der Waals surface area contributed by atoms with Gasteiger partial charge in [-0.1, -0.05) is 0 Å². The van der Waals surface area contributed by atoms with Gasteiger partial charge in [-0.25, -0.2) is 18.3 Å². The molecule has 0 amide bonds. The Hall–Kier alpha value is -1.54. The lowest BCUT2D eigenvalue weighted by Crippen LogP contribution is -2.37. The first-order valence-electron chi connectivity index (χ1n) is 7.66. The number of carbonyl (C=O) groups is 1. The number of alkyl halides is 1. The second-order valence-electron chi connectivity index (χ2n) is 5.11. The maximum atomic E-state index is 15.0. The van der Waals surface area contributed by atoms with Gasteiger partial charge in [-0.2, -0.15) is 4.31 Å². The standard InChI is InChI=1S/C10H13FN2O12P2/c11-10(4-23-27(21,22)25-26(18,19)20)1-6(15)8(24-10)13-2-5(3-14)7(16)12-9(13)17/h2-3,6,8,15H,1,4H2,(H,21,22)(H,12,16,17)(H2,18,19,20)/t6-,8-,10+/m1/s1/i4D2. The van der Waals surface area contributed by atoms with Crippen molar-refractivity contribution >= 4 is 21.9 Å². The van der Waals surface area contributed by atoms with Gasteiger partial charge in [0, 0.05) is 12.6 Å². The predicted octanol–water partition coefficient (Wildman–Crippen LogP) is -1.48. The highest BCUT2D eigenvalue weighted by atomic mass is 31.3. The summed E-state index contributed by atoms with van der Waals surface area (Å²) in [6.45, 7) is -3.94. The summed E-state index contributed by atoms with van der Waals surface area (Å²) in [5.41, 5.74) is -2.99. The summed E-state index contributed by atoms with van der Waals surface area (Å²) >= 11 is 0. The summed E-state index contributed by atoms with van der Waals surface area (Å²) in [7, 11) is -11.5. The van der Waals surface area contributed by atoms with E-state index in [9.17, 15) is 33.5 Å². The molecule has 2 heterocycles. The molecule has 1 fully saturated rings. The number of aromatic amines is 1. The number of phosphoric ester groups is 1. The zero-order chi connectivity index (χ0) is 22.4. The second-order valence-corrected chi connectivity index (χ2v) is 7.87. The predicted molar refractivity (Wildman–Crippen MR) is 80.2 cm³/mol.